The van der Waals surface area contributed by atoms with Gasteiger partial charge in [0.15, 0.2) is 0 Å². The lowest BCUT2D eigenvalue weighted by Crippen LogP contribution is -2.31. The highest BCUT2D eigenvalue weighted by Gasteiger charge is 2.36. The number of alkyl halides is 3. The van der Waals surface area contributed by atoms with E-state index in [2.05, 4.69) is 0 Å². The number of sulfonamides is 1. The minimum absolute atomic E-state index is 0.0220. The van der Waals surface area contributed by atoms with Gasteiger partial charge in [-0.05, 0) is 36.1 Å². The number of hydrogen-bond donors (Lipinski definition) is 1. The van der Waals surface area contributed by atoms with Gasteiger partial charge in [-0.25, -0.2) is 8.42 Å². The fourth-order valence-corrected chi connectivity index (χ4v) is 4.19. The molecule has 1 heterocycles. The lowest BCUT2D eigenvalue weighted by atomic mass is 9.85. The van der Waals surface area contributed by atoms with Gasteiger partial charge in [0.1, 0.15) is 0 Å². The topological polar surface area (TPSA) is 87.2 Å². The molecule has 10 heteroatoms. The Morgan fingerprint density at radius 1 is 1.37 bits per heavy atom. The van der Waals surface area contributed by atoms with Gasteiger partial charge in [-0.3, -0.25) is 4.79 Å². The number of halogens is 3. The second kappa shape index (κ2) is 7.76. The molecule has 1 aliphatic rings. The number of likely N-dealkylation sites (N-methyl/N-ethyl adjacent to an activating group) is 1. The lowest BCUT2D eigenvalue weighted by Gasteiger charge is -2.23. The predicted octanol–water partition coefficient (Wildman–Crippen LogP) is 2.94. The van der Waals surface area contributed by atoms with Crippen LogP contribution in [0.5, 0.6) is 0 Å². The molecule has 1 aliphatic heterocycles. The molecule has 1 saturated heterocycles. The van der Waals surface area contributed by atoms with E-state index in [4.69, 9.17) is 4.74 Å². The molecule has 1 aromatic carbocycles. The molecular formula is C17H22F3NO5S. The van der Waals surface area contributed by atoms with Gasteiger partial charge in [0.2, 0.25) is 10.0 Å². The predicted molar refractivity (Wildman–Crippen MR) is 90.8 cm³/mol. The van der Waals surface area contributed by atoms with Gasteiger partial charge < -0.3 is 9.84 Å². The number of nitrogens with zero attached hydrogens (tertiary/aromatic N) is 1. The fourth-order valence-electron chi connectivity index (χ4n) is 2.91. The van der Waals surface area contributed by atoms with Crippen LogP contribution in [0.3, 0.4) is 0 Å². The Morgan fingerprint density at radius 3 is 2.41 bits per heavy atom. The normalized spacial score (nSPS) is 19.7. The van der Waals surface area contributed by atoms with Crippen LogP contribution in [-0.4, -0.2) is 50.1 Å². The Hall–Kier alpha value is -1.65. The molecule has 0 radical (unpaired) electrons. The molecule has 1 fully saturated rings. The summed E-state index contributed by atoms with van der Waals surface area (Å²) in [6.45, 7) is 3.54. The van der Waals surface area contributed by atoms with E-state index in [1.807, 2.05) is 0 Å². The Kier molecular flexibility index (Phi) is 6.23. The van der Waals surface area contributed by atoms with Crippen molar-refractivity contribution in [3.05, 3.63) is 29.3 Å². The summed E-state index contributed by atoms with van der Waals surface area (Å²) in [6, 6.07) is 2.53. The Labute approximate surface area is 156 Å². The van der Waals surface area contributed by atoms with Crippen LogP contribution in [-0.2, 0) is 25.7 Å². The van der Waals surface area contributed by atoms with Gasteiger partial charge in [0.25, 0.3) is 0 Å². The Morgan fingerprint density at radius 2 is 1.96 bits per heavy atom. The van der Waals surface area contributed by atoms with E-state index in [0.717, 1.165) is 16.4 Å². The van der Waals surface area contributed by atoms with Crippen molar-refractivity contribution >= 4 is 16.0 Å². The number of rotatable bonds is 8. The number of carbonyl (C=O) groups is 1. The molecule has 1 N–H and O–H groups in total. The number of aliphatic carboxylic acids is 1. The second-order valence-corrected chi connectivity index (χ2v) is 8.72. The number of carboxylic acid groups (broad SMARTS) is 1. The van der Waals surface area contributed by atoms with E-state index < -0.39 is 44.5 Å². The number of benzene rings is 1. The summed E-state index contributed by atoms with van der Waals surface area (Å²) in [6.07, 6.45) is -4.82. The molecule has 27 heavy (non-hydrogen) atoms. The SMILES string of the molecule is CC[C@H](C(=O)O)C(C)c1cc(C(F)(F)F)cc(S(=O)(=O)N(C)CC2CO2)c1. The number of hydrogen-bond acceptors (Lipinski definition) is 4. The largest absolute Gasteiger partial charge is 0.481 e. The van der Waals surface area contributed by atoms with Crippen LogP contribution in [0, 0.1) is 5.92 Å². The van der Waals surface area contributed by atoms with Crippen molar-refractivity contribution < 1.29 is 36.2 Å². The van der Waals surface area contributed by atoms with Crippen molar-refractivity contribution in [3.8, 4) is 0 Å². The van der Waals surface area contributed by atoms with Crippen LogP contribution in [0.15, 0.2) is 23.1 Å². The van der Waals surface area contributed by atoms with Gasteiger partial charge in [0, 0.05) is 13.6 Å². The molecule has 0 aromatic heterocycles. The summed E-state index contributed by atoms with van der Waals surface area (Å²) in [5, 5.41) is 9.30. The maximum atomic E-state index is 13.3. The Balaban J connectivity index is 2.52. The maximum absolute atomic E-state index is 13.3. The standard InChI is InChI=1S/C17H22F3NO5S/c1-4-15(16(22)23)10(2)11-5-12(17(18,19)20)7-14(6-11)27(24,25)21(3)8-13-9-26-13/h5-7,10,13,15H,4,8-9H2,1-3H3,(H,22,23)/t10?,13?,15-/m0/s1. The number of ether oxygens (including phenoxy) is 1. The first kappa shape index (κ1) is 21.6. The van der Waals surface area contributed by atoms with E-state index in [-0.39, 0.29) is 24.6 Å². The average molecular weight is 409 g/mol. The summed E-state index contributed by atoms with van der Waals surface area (Å²) >= 11 is 0. The zero-order chi connectivity index (χ0) is 20.6. The molecule has 6 nitrogen and oxygen atoms in total. The van der Waals surface area contributed by atoms with Crippen LogP contribution in [0.25, 0.3) is 0 Å². The smallest absolute Gasteiger partial charge is 0.416 e. The summed E-state index contributed by atoms with van der Waals surface area (Å²) in [5.74, 6) is -2.86. The molecule has 0 saturated carbocycles. The molecule has 0 aliphatic carbocycles. The van der Waals surface area contributed by atoms with Crippen LogP contribution >= 0.6 is 0 Å². The molecular weight excluding hydrogens is 387 g/mol. The van der Waals surface area contributed by atoms with E-state index >= 15 is 0 Å². The second-order valence-electron chi connectivity index (χ2n) is 6.67. The molecule has 0 amide bonds. The van der Waals surface area contributed by atoms with Crippen LogP contribution in [0.4, 0.5) is 13.2 Å². The van der Waals surface area contributed by atoms with Crippen molar-refractivity contribution in [2.75, 3.05) is 20.2 Å². The zero-order valence-corrected chi connectivity index (χ0v) is 16.0. The van der Waals surface area contributed by atoms with Gasteiger partial charge >= 0.3 is 12.1 Å². The maximum Gasteiger partial charge on any atom is 0.416 e. The first-order chi connectivity index (χ1) is 12.4. The highest BCUT2D eigenvalue weighted by molar-refractivity contribution is 7.89. The van der Waals surface area contributed by atoms with Crippen LogP contribution < -0.4 is 0 Å². The molecule has 1 aromatic rings. The van der Waals surface area contributed by atoms with Crippen molar-refractivity contribution in [1.29, 1.82) is 0 Å². The first-order valence-corrected chi connectivity index (χ1v) is 9.84. The first-order valence-electron chi connectivity index (χ1n) is 8.40. The molecule has 2 unspecified atom stereocenters. The summed E-state index contributed by atoms with van der Waals surface area (Å²) in [4.78, 5) is 10.9. The molecule has 2 rings (SSSR count). The zero-order valence-electron chi connectivity index (χ0n) is 15.2. The van der Waals surface area contributed by atoms with Gasteiger partial charge in [-0.15, -0.1) is 0 Å². The molecule has 0 bridgehead atoms. The highest BCUT2D eigenvalue weighted by Crippen LogP contribution is 2.36. The third-order valence-corrected chi connectivity index (χ3v) is 6.51. The van der Waals surface area contributed by atoms with Gasteiger partial charge in [-0.1, -0.05) is 13.8 Å². The van der Waals surface area contributed by atoms with Crippen molar-refractivity contribution in [2.45, 2.75) is 43.4 Å². The molecule has 3 atom stereocenters. The summed E-state index contributed by atoms with van der Waals surface area (Å²) in [5.41, 5.74) is -1.10. The third kappa shape index (κ3) is 4.99. The van der Waals surface area contributed by atoms with Crippen LogP contribution in [0.1, 0.15) is 37.3 Å². The van der Waals surface area contributed by atoms with Crippen molar-refractivity contribution in [2.24, 2.45) is 5.92 Å². The van der Waals surface area contributed by atoms with E-state index in [9.17, 15) is 31.5 Å². The lowest BCUT2D eigenvalue weighted by molar-refractivity contribution is -0.142. The van der Waals surface area contributed by atoms with E-state index in [1.165, 1.54) is 14.0 Å². The summed E-state index contributed by atoms with van der Waals surface area (Å²) in [7, 11) is -2.91. The van der Waals surface area contributed by atoms with Gasteiger partial charge in [0.05, 0.1) is 29.1 Å². The highest BCUT2D eigenvalue weighted by atomic mass is 32.2. The number of epoxide rings is 1. The minimum atomic E-state index is -4.76. The van der Waals surface area contributed by atoms with Crippen molar-refractivity contribution in [1.82, 2.24) is 4.31 Å². The van der Waals surface area contributed by atoms with E-state index in [0.29, 0.717) is 12.7 Å². The quantitative estimate of drug-likeness (QED) is 0.667. The monoisotopic (exact) mass is 409 g/mol. The third-order valence-electron chi connectivity index (χ3n) is 4.71. The molecule has 152 valence electrons. The Bertz CT molecular complexity index is 805. The minimum Gasteiger partial charge on any atom is -0.481 e. The van der Waals surface area contributed by atoms with Crippen molar-refractivity contribution in [3.63, 3.8) is 0 Å². The average Bonchev–Trinajstić information content (AvgIpc) is 3.37. The summed E-state index contributed by atoms with van der Waals surface area (Å²) < 4.78 is 71.3. The molecule has 0 spiro atoms. The van der Waals surface area contributed by atoms with Crippen LogP contribution in [0.2, 0.25) is 0 Å². The van der Waals surface area contributed by atoms with Gasteiger partial charge in [-0.2, -0.15) is 17.5 Å². The van der Waals surface area contributed by atoms with E-state index in [1.54, 1.807) is 6.92 Å². The number of carboxylic acids is 1. The fraction of sp³-hybridized carbons (Fsp3) is 0.588.